The number of ketones is 1. The van der Waals surface area contributed by atoms with Gasteiger partial charge in [0.25, 0.3) is 5.69 Å². The molecule has 0 radical (unpaired) electrons. The standard InChI is InChI=1S/C27H23N3O4/c1-17(31)29-24-13-6-5-12-22(24)28-23-15-20(19-10-7-11-21(14-19)30(33)34)16-25(32)26(23)27(29)18-8-3-2-4-9-18/h2-14,20,27-28H,15-16H2,1H3/t20-,27+/m1/s1. The zero-order valence-corrected chi connectivity index (χ0v) is 18.6. The van der Waals surface area contributed by atoms with Crippen LogP contribution in [-0.2, 0) is 9.59 Å². The first-order chi connectivity index (χ1) is 16.4. The second kappa shape index (κ2) is 8.59. The molecule has 0 unspecified atom stereocenters. The lowest BCUT2D eigenvalue weighted by atomic mass is 9.78. The highest BCUT2D eigenvalue weighted by Crippen LogP contribution is 2.47. The van der Waals surface area contributed by atoms with E-state index in [4.69, 9.17) is 0 Å². The Morgan fingerprint density at radius 2 is 1.68 bits per heavy atom. The number of carbonyl (C=O) groups excluding carboxylic acids is 2. The van der Waals surface area contributed by atoms with Gasteiger partial charge in [-0.15, -0.1) is 0 Å². The van der Waals surface area contributed by atoms with Gasteiger partial charge < -0.3 is 5.32 Å². The van der Waals surface area contributed by atoms with Crippen LogP contribution in [0, 0.1) is 10.1 Å². The van der Waals surface area contributed by atoms with Crippen LogP contribution in [-0.4, -0.2) is 16.6 Å². The highest BCUT2D eigenvalue weighted by Gasteiger charge is 2.40. The zero-order valence-electron chi connectivity index (χ0n) is 18.6. The van der Waals surface area contributed by atoms with Crippen LogP contribution in [0.1, 0.15) is 42.9 Å². The number of nitrogens with zero attached hydrogens (tertiary/aromatic N) is 2. The van der Waals surface area contributed by atoms with Gasteiger partial charge in [-0.2, -0.15) is 0 Å². The molecule has 2 aliphatic rings. The summed E-state index contributed by atoms with van der Waals surface area (Å²) in [6, 6.07) is 23.0. The van der Waals surface area contributed by atoms with Crippen molar-refractivity contribution in [1.82, 2.24) is 0 Å². The Bertz CT molecular complexity index is 1330. The summed E-state index contributed by atoms with van der Waals surface area (Å²) in [6.45, 7) is 1.51. The fourth-order valence-corrected chi connectivity index (χ4v) is 5.02. The van der Waals surface area contributed by atoms with Crippen molar-refractivity contribution in [1.29, 1.82) is 0 Å². The van der Waals surface area contributed by atoms with Crippen LogP contribution in [0.15, 0.2) is 90.1 Å². The number of fused-ring (bicyclic) bond motifs is 1. The molecule has 34 heavy (non-hydrogen) atoms. The fraction of sp³-hybridized carbons (Fsp3) is 0.185. The van der Waals surface area contributed by atoms with E-state index in [2.05, 4.69) is 5.32 Å². The predicted molar refractivity (Wildman–Crippen MR) is 130 cm³/mol. The molecule has 2 atom stereocenters. The van der Waals surface area contributed by atoms with Crippen LogP contribution in [0.2, 0.25) is 0 Å². The van der Waals surface area contributed by atoms with Crippen molar-refractivity contribution >= 4 is 28.8 Å². The summed E-state index contributed by atoms with van der Waals surface area (Å²) in [7, 11) is 0. The Morgan fingerprint density at radius 1 is 0.971 bits per heavy atom. The van der Waals surface area contributed by atoms with Gasteiger partial charge in [-0.25, -0.2) is 0 Å². The van der Waals surface area contributed by atoms with Gasteiger partial charge >= 0.3 is 0 Å². The monoisotopic (exact) mass is 453 g/mol. The maximum atomic E-state index is 13.7. The van der Waals surface area contributed by atoms with Crippen molar-refractivity contribution in [2.45, 2.75) is 31.7 Å². The van der Waals surface area contributed by atoms with Crippen molar-refractivity contribution in [3.63, 3.8) is 0 Å². The van der Waals surface area contributed by atoms with E-state index in [1.165, 1.54) is 13.0 Å². The number of anilines is 2. The molecule has 0 saturated carbocycles. The summed E-state index contributed by atoms with van der Waals surface area (Å²) >= 11 is 0. The summed E-state index contributed by atoms with van der Waals surface area (Å²) in [6.07, 6.45) is 0.721. The van der Waals surface area contributed by atoms with Crippen molar-refractivity contribution in [3.8, 4) is 0 Å². The first-order valence-electron chi connectivity index (χ1n) is 11.2. The smallest absolute Gasteiger partial charge is 0.269 e. The number of amides is 1. The van der Waals surface area contributed by atoms with Crippen LogP contribution in [0.3, 0.4) is 0 Å². The van der Waals surface area contributed by atoms with Crippen LogP contribution < -0.4 is 10.2 Å². The number of non-ortho nitro benzene ring substituents is 1. The lowest BCUT2D eigenvalue weighted by molar-refractivity contribution is -0.384. The summed E-state index contributed by atoms with van der Waals surface area (Å²) in [4.78, 5) is 39.2. The van der Waals surface area contributed by atoms with E-state index >= 15 is 0 Å². The minimum Gasteiger partial charge on any atom is -0.357 e. The topological polar surface area (TPSA) is 92.6 Å². The molecule has 3 aromatic carbocycles. The highest BCUT2D eigenvalue weighted by molar-refractivity contribution is 6.06. The van der Waals surface area contributed by atoms with E-state index < -0.39 is 11.0 Å². The Kier molecular flexibility index (Phi) is 5.45. The van der Waals surface area contributed by atoms with Crippen molar-refractivity contribution in [2.75, 3.05) is 10.2 Å². The summed E-state index contributed by atoms with van der Waals surface area (Å²) in [5, 5.41) is 14.7. The average Bonchev–Trinajstić information content (AvgIpc) is 2.99. The molecule has 0 spiro atoms. The van der Waals surface area contributed by atoms with E-state index in [0.717, 1.165) is 22.5 Å². The molecule has 7 heteroatoms. The summed E-state index contributed by atoms with van der Waals surface area (Å²) < 4.78 is 0. The molecular formula is C27H23N3O4. The highest BCUT2D eigenvalue weighted by atomic mass is 16.6. The third-order valence-electron chi connectivity index (χ3n) is 6.50. The van der Waals surface area contributed by atoms with E-state index in [1.807, 2.05) is 60.7 Å². The number of allylic oxidation sites excluding steroid dienone is 1. The number of Topliss-reactive ketones (excluding diaryl/α,β-unsaturated/α-hetero) is 1. The Labute approximate surface area is 196 Å². The fourth-order valence-electron chi connectivity index (χ4n) is 5.02. The van der Waals surface area contributed by atoms with Gasteiger partial charge in [0, 0.05) is 36.7 Å². The molecule has 170 valence electrons. The third kappa shape index (κ3) is 3.75. The maximum Gasteiger partial charge on any atom is 0.269 e. The zero-order chi connectivity index (χ0) is 23.8. The number of benzene rings is 3. The number of para-hydroxylation sites is 2. The maximum absolute atomic E-state index is 13.7. The molecule has 1 heterocycles. The molecular weight excluding hydrogens is 430 g/mol. The number of nitro groups is 1. The molecule has 1 aliphatic heterocycles. The van der Waals surface area contributed by atoms with Crippen LogP contribution in [0.4, 0.5) is 17.1 Å². The first kappa shape index (κ1) is 21.6. The minimum atomic E-state index is -0.566. The average molecular weight is 453 g/mol. The van der Waals surface area contributed by atoms with Gasteiger partial charge in [-0.3, -0.25) is 24.6 Å². The number of carbonyl (C=O) groups is 2. The normalized spacial score (nSPS) is 19.6. The molecule has 0 bridgehead atoms. The number of rotatable bonds is 3. The quantitative estimate of drug-likeness (QED) is 0.417. The van der Waals surface area contributed by atoms with Gasteiger partial charge in [0.1, 0.15) is 0 Å². The van der Waals surface area contributed by atoms with E-state index in [1.54, 1.807) is 17.0 Å². The molecule has 1 aliphatic carbocycles. The lowest BCUT2D eigenvalue weighted by Crippen LogP contribution is -2.37. The molecule has 1 amide bonds. The van der Waals surface area contributed by atoms with Crippen LogP contribution >= 0.6 is 0 Å². The third-order valence-corrected chi connectivity index (χ3v) is 6.50. The van der Waals surface area contributed by atoms with Crippen molar-refractivity contribution < 1.29 is 14.5 Å². The second-order valence-electron chi connectivity index (χ2n) is 8.62. The number of hydrogen-bond donors (Lipinski definition) is 1. The van der Waals surface area contributed by atoms with E-state index in [9.17, 15) is 19.7 Å². The van der Waals surface area contributed by atoms with Gasteiger partial charge in [-0.05, 0) is 35.6 Å². The first-order valence-corrected chi connectivity index (χ1v) is 11.2. The van der Waals surface area contributed by atoms with Gasteiger partial charge in [-0.1, -0.05) is 54.6 Å². The SMILES string of the molecule is CC(=O)N1c2ccccc2NC2=C(C(=O)C[C@H](c3cccc([N+](=O)[O-])c3)C2)[C@@H]1c1ccccc1. The van der Waals surface area contributed by atoms with Gasteiger partial charge in [0.2, 0.25) is 5.91 Å². The molecule has 5 rings (SSSR count). The van der Waals surface area contributed by atoms with Gasteiger partial charge in [0.15, 0.2) is 5.78 Å². The number of hydrogen-bond acceptors (Lipinski definition) is 5. The molecule has 7 nitrogen and oxygen atoms in total. The minimum absolute atomic E-state index is 0.00816. The lowest BCUT2D eigenvalue weighted by Gasteiger charge is -2.34. The Morgan fingerprint density at radius 3 is 2.41 bits per heavy atom. The number of nitro benzene ring substituents is 1. The molecule has 0 saturated heterocycles. The Balaban J connectivity index is 1.67. The second-order valence-corrected chi connectivity index (χ2v) is 8.62. The molecule has 0 fully saturated rings. The molecule has 1 N–H and O–H groups in total. The van der Waals surface area contributed by atoms with Crippen LogP contribution in [0.5, 0.6) is 0 Å². The summed E-state index contributed by atoms with van der Waals surface area (Å²) in [5.74, 6) is -0.435. The van der Waals surface area contributed by atoms with Crippen molar-refractivity contribution in [2.24, 2.45) is 0 Å². The summed E-state index contributed by atoms with van der Waals surface area (Å²) in [5.41, 5.74) is 4.39. The van der Waals surface area contributed by atoms with Crippen LogP contribution in [0.25, 0.3) is 0 Å². The van der Waals surface area contributed by atoms with Gasteiger partial charge in [0.05, 0.1) is 22.3 Å². The number of nitrogens with one attached hydrogen (secondary N) is 1. The van der Waals surface area contributed by atoms with Crippen molar-refractivity contribution in [3.05, 3.63) is 111 Å². The largest absolute Gasteiger partial charge is 0.357 e. The Hall–Kier alpha value is -4.26. The van der Waals surface area contributed by atoms with E-state index in [-0.39, 0.29) is 29.7 Å². The van der Waals surface area contributed by atoms with E-state index in [0.29, 0.717) is 17.7 Å². The predicted octanol–water partition coefficient (Wildman–Crippen LogP) is 5.52. The molecule has 3 aromatic rings. The molecule has 0 aromatic heterocycles.